The molecule has 1 heterocycles. The molecule has 0 aliphatic heterocycles. The number of rotatable bonds is 4. The molecule has 0 spiro atoms. The summed E-state index contributed by atoms with van der Waals surface area (Å²) in [5.41, 5.74) is 0. The Morgan fingerprint density at radius 1 is 1.75 bits per heavy atom. The molecule has 0 aliphatic carbocycles. The Bertz CT molecular complexity index is 243. The molecule has 0 saturated carbocycles. The van der Waals surface area contributed by atoms with Gasteiger partial charge in [-0.3, -0.25) is 0 Å². The van der Waals surface area contributed by atoms with Gasteiger partial charge in [-0.25, -0.2) is 0 Å². The maximum atomic E-state index is 10.7. The Morgan fingerprint density at radius 3 is 2.92 bits per heavy atom. The van der Waals surface area contributed by atoms with Gasteiger partial charge in [0.25, 0.3) is 0 Å². The summed E-state index contributed by atoms with van der Waals surface area (Å²) in [5.74, 6) is 0. The quantitative estimate of drug-likeness (QED) is 0.532. The highest BCUT2D eigenvalue weighted by molar-refractivity contribution is 8.01. The highest BCUT2D eigenvalue weighted by Gasteiger charge is 2.23. The first-order valence-corrected chi connectivity index (χ1v) is 4.70. The Kier molecular flexibility index (Phi) is 2.98. The van der Waals surface area contributed by atoms with Crippen molar-refractivity contribution in [2.24, 2.45) is 0 Å². The molecule has 12 heavy (non-hydrogen) atoms. The van der Waals surface area contributed by atoms with E-state index in [-0.39, 0.29) is 4.75 Å². The molecule has 1 unspecified atom stereocenters. The van der Waals surface area contributed by atoms with Crippen LogP contribution in [-0.4, -0.2) is 11.0 Å². The summed E-state index contributed by atoms with van der Waals surface area (Å²) in [6, 6.07) is 3.69. The van der Waals surface area contributed by atoms with E-state index in [4.69, 9.17) is 4.42 Å². The van der Waals surface area contributed by atoms with Crippen molar-refractivity contribution in [1.29, 1.82) is 0 Å². The van der Waals surface area contributed by atoms with E-state index in [1.165, 1.54) is 11.8 Å². The first kappa shape index (κ1) is 9.39. The molecule has 1 atom stereocenters. The van der Waals surface area contributed by atoms with Crippen molar-refractivity contribution in [1.82, 2.24) is 0 Å². The number of aldehydes is 1. The van der Waals surface area contributed by atoms with Crippen LogP contribution in [0.25, 0.3) is 0 Å². The van der Waals surface area contributed by atoms with Crippen LogP contribution in [0.4, 0.5) is 0 Å². The lowest BCUT2D eigenvalue weighted by Crippen LogP contribution is -2.19. The lowest BCUT2D eigenvalue weighted by atomic mass is 10.1. The van der Waals surface area contributed by atoms with Crippen molar-refractivity contribution in [2.75, 3.05) is 0 Å². The Hall–Kier alpha value is -0.700. The largest absolute Gasteiger partial charge is 0.458 e. The molecule has 0 fully saturated rings. The Morgan fingerprint density at radius 2 is 2.50 bits per heavy atom. The zero-order valence-electron chi connectivity index (χ0n) is 7.24. The van der Waals surface area contributed by atoms with Crippen molar-refractivity contribution in [3.8, 4) is 0 Å². The molecule has 0 saturated heterocycles. The Labute approximate surface area is 76.3 Å². The lowest BCUT2D eigenvalue weighted by molar-refractivity contribution is -0.109. The average molecular weight is 184 g/mol. The molecule has 0 radical (unpaired) electrons. The van der Waals surface area contributed by atoms with E-state index in [2.05, 4.69) is 0 Å². The van der Waals surface area contributed by atoms with Crippen molar-refractivity contribution in [3.05, 3.63) is 18.4 Å². The van der Waals surface area contributed by atoms with Gasteiger partial charge in [0.05, 0.1) is 11.0 Å². The number of carbonyl (C=O) groups is 1. The van der Waals surface area contributed by atoms with E-state index in [0.29, 0.717) is 0 Å². The molecule has 0 bridgehead atoms. The van der Waals surface area contributed by atoms with Crippen LogP contribution in [0.2, 0.25) is 0 Å². The van der Waals surface area contributed by atoms with Gasteiger partial charge in [-0.05, 0) is 25.5 Å². The first-order valence-electron chi connectivity index (χ1n) is 3.89. The van der Waals surface area contributed by atoms with Crippen LogP contribution in [0.3, 0.4) is 0 Å². The minimum Gasteiger partial charge on any atom is -0.458 e. The summed E-state index contributed by atoms with van der Waals surface area (Å²) in [6.45, 7) is 3.90. The van der Waals surface area contributed by atoms with Gasteiger partial charge < -0.3 is 9.21 Å². The van der Waals surface area contributed by atoms with E-state index in [1.54, 1.807) is 6.26 Å². The zero-order chi connectivity index (χ0) is 9.03. The second-order valence-corrected chi connectivity index (χ2v) is 4.36. The van der Waals surface area contributed by atoms with Crippen molar-refractivity contribution in [2.45, 2.75) is 30.1 Å². The Balaban J connectivity index is 2.66. The van der Waals surface area contributed by atoms with Gasteiger partial charge in [0.2, 0.25) is 0 Å². The summed E-state index contributed by atoms with van der Waals surface area (Å²) in [4.78, 5) is 10.7. The fourth-order valence-electron chi connectivity index (χ4n) is 0.731. The van der Waals surface area contributed by atoms with E-state index < -0.39 is 0 Å². The fourth-order valence-corrected chi connectivity index (χ4v) is 1.63. The van der Waals surface area contributed by atoms with Gasteiger partial charge >= 0.3 is 0 Å². The van der Waals surface area contributed by atoms with Gasteiger partial charge in [0.1, 0.15) is 6.29 Å². The number of hydrogen-bond donors (Lipinski definition) is 0. The molecule has 0 aliphatic rings. The highest BCUT2D eigenvalue weighted by atomic mass is 32.2. The van der Waals surface area contributed by atoms with Crippen LogP contribution >= 0.6 is 11.8 Å². The van der Waals surface area contributed by atoms with Crippen LogP contribution in [-0.2, 0) is 4.79 Å². The van der Waals surface area contributed by atoms with Gasteiger partial charge in [-0.1, -0.05) is 18.7 Å². The first-order chi connectivity index (χ1) is 5.70. The van der Waals surface area contributed by atoms with E-state index in [0.717, 1.165) is 17.8 Å². The van der Waals surface area contributed by atoms with Crippen LogP contribution in [0.1, 0.15) is 20.3 Å². The van der Waals surface area contributed by atoms with Gasteiger partial charge in [-0.2, -0.15) is 0 Å². The van der Waals surface area contributed by atoms with E-state index in [9.17, 15) is 4.79 Å². The van der Waals surface area contributed by atoms with Crippen molar-refractivity contribution >= 4 is 18.0 Å². The molecular weight excluding hydrogens is 172 g/mol. The maximum absolute atomic E-state index is 10.7. The molecular formula is C9H12O2S. The summed E-state index contributed by atoms with van der Waals surface area (Å²) in [5, 5.41) is 0.798. The third-order valence-corrected chi connectivity index (χ3v) is 3.06. The molecule has 0 N–H and O–H groups in total. The topological polar surface area (TPSA) is 30.2 Å². The number of thioether (sulfide) groups is 1. The maximum Gasteiger partial charge on any atom is 0.160 e. The molecule has 3 heteroatoms. The zero-order valence-corrected chi connectivity index (χ0v) is 8.06. The third kappa shape index (κ3) is 2.14. The highest BCUT2D eigenvalue weighted by Crippen LogP contribution is 2.33. The standard InChI is InChI=1S/C9H12O2S/c1-3-9(2,7-10)12-8-5-4-6-11-8/h4-7H,3H2,1-2H3. The summed E-state index contributed by atoms with van der Waals surface area (Å²) >= 11 is 1.46. The van der Waals surface area contributed by atoms with Crippen molar-refractivity contribution in [3.63, 3.8) is 0 Å². The average Bonchev–Trinajstić information content (AvgIpc) is 2.57. The van der Waals surface area contributed by atoms with Crippen LogP contribution in [0.5, 0.6) is 0 Å². The minimum atomic E-state index is -0.349. The van der Waals surface area contributed by atoms with Crippen LogP contribution in [0.15, 0.2) is 27.9 Å². The molecule has 1 aromatic heterocycles. The van der Waals surface area contributed by atoms with E-state index in [1.807, 2.05) is 26.0 Å². The van der Waals surface area contributed by atoms with Gasteiger partial charge in [-0.15, -0.1) is 0 Å². The summed E-state index contributed by atoms with van der Waals surface area (Å²) in [7, 11) is 0. The predicted molar refractivity (Wildman–Crippen MR) is 49.3 cm³/mol. The number of carbonyl (C=O) groups excluding carboxylic acids is 1. The van der Waals surface area contributed by atoms with Gasteiger partial charge in [0.15, 0.2) is 5.09 Å². The molecule has 0 aromatic carbocycles. The normalized spacial score (nSPS) is 15.5. The smallest absolute Gasteiger partial charge is 0.160 e. The molecule has 66 valence electrons. The second kappa shape index (κ2) is 3.81. The van der Waals surface area contributed by atoms with E-state index >= 15 is 0 Å². The predicted octanol–water partition coefficient (Wildman–Crippen LogP) is 2.74. The summed E-state index contributed by atoms with van der Waals surface area (Å²) in [6.07, 6.45) is 3.39. The molecule has 0 amide bonds. The van der Waals surface area contributed by atoms with Crippen LogP contribution in [0, 0.1) is 0 Å². The second-order valence-electron chi connectivity index (χ2n) is 2.82. The monoisotopic (exact) mass is 184 g/mol. The summed E-state index contributed by atoms with van der Waals surface area (Å²) < 4.78 is 4.79. The molecule has 1 rings (SSSR count). The molecule has 1 aromatic rings. The van der Waals surface area contributed by atoms with Gasteiger partial charge in [0, 0.05) is 0 Å². The number of hydrogen-bond acceptors (Lipinski definition) is 3. The minimum absolute atomic E-state index is 0.349. The molecule has 2 nitrogen and oxygen atoms in total. The van der Waals surface area contributed by atoms with Crippen LogP contribution < -0.4 is 0 Å². The number of furan rings is 1. The fraction of sp³-hybridized carbons (Fsp3) is 0.444. The lowest BCUT2D eigenvalue weighted by Gasteiger charge is -2.17. The third-order valence-electron chi connectivity index (χ3n) is 1.78. The van der Waals surface area contributed by atoms with Crippen molar-refractivity contribution < 1.29 is 9.21 Å². The SMILES string of the molecule is CCC(C)(C=O)Sc1ccco1.